The summed E-state index contributed by atoms with van der Waals surface area (Å²) in [4.78, 5) is 34.6. The van der Waals surface area contributed by atoms with Crippen LogP contribution in [0.25, 0.3) is 0 Å². The quantitative estimate of drug-likeness (QED) is 0.569. The molecule has 0 radical (unpaired) electrons. The van der Waals surface area contributed by atoms with Crippen molar-refractivity contribution in [2.75, 3.05) is 6.61 Å². The van der Waals surface area contributed by atoms with Gasteiger partial charge in [-0.2, -0.15) is 0 Å². The highest BCUT2D eigenvalue weighted by Crippen LogP contribution is 2.19. The normalized spacial score (nSPS) is 12.2. The van der Waals surface area contributed by atoms with Crippen LogP contribution in [0.4, 0.5) is 4.39 Å². The van der Waals surface area contributed by atoms with Gasteiger partial charge in [0.15, 0.2) is 5.82 Å². The highest BCUT2D eigenvalue weighted by molar-refractivity contribution is 5.74. The first-order valence-electron chi connectivity index (χ1n) is 6.91. The van der Waals surface area contributed by atoms with Gasteiger partial charge in [0.25, 0.3) is 5.56 Å². The Labute approximate surface area is 122 Å². The minimum Gasteiger partial charge on any atom is -0.464 e. The van der Waals surface area contributed by atoms with Crippen molar-refractivity contribution in [3.63, 3.8) is 0 Å². The Morgan fingerprint density at radius 2 is 2.14 bits per heavy atom. The molecule has 0 saturated heterocycles. The van der Waals surface area contributed by atoms with E-state index in [1.165, 1.54) is 6.20 Å². The predicted octanol–water partition coefficient (Wildman–Crippen LogP) is 1.88. The van der Waals surface area contributed by atoms with Gasteiger partial charge >= 0.3 is 5.97 Å². The third-order valence-electron chi connectivity index (χ3n) is 2.96. The molecular formula is C15H20FNO4. The summed E-state index contributed by atoms with van der Waals surface area (Å²) in [5.74, 6) is -1.44. The summed E-state index contributed by atoms with van der Waals surface area (Å²) in [6.45, 7) is 5.63. The fourth-order valence-corrected chi connectivity index (χ4v) is 2.07. The van der Waals surface area contributed by atoms with Crippen molar-refractivity contribution in [3.05, 3.63) is 34.0 Å². The lowest BCUT2D eigenvalue weighted by atomic mass is 10.0. The largest absolute Gasteiger partial charge is 0.464 e. The number of ether oxygens (including phenoxy) is 1. The Morgan fingerprint density at radius 3 is 2.67 bits per heavy atom. The van der Waals surface area contributed by atoms with E-state index in [0.29, 0.717) is 18.3 Å². The van der Waals surface area contributed by atoms with Crippen LogP contribution in [0.5, 0.6) is 0 Å². The molecule has 0 fully saturated rings. The number of hydrogen-bond acceptors (Lipinski definition) is 4. The van der Waals surface area contributed by atoms with Gasteiger partial charge < -0.3 is 9.53 Å². The summed E-state index contributed by atoms with van der Waals surface area (Å²) in [6.07, 6.45) is 2.30. The fourth-order valence-electron chi connectivity index (χ4n) is 2.07. The van der Waals surface area contributed by atoms with E-state index >= 15 is 0 Å². The molecule has 0 aliphatic carbocycles. The molecule has 1 heterocycles. The van der Waals surface area contributed by atoms with Gasteiger partial charge in [-0.1, -0.05) is 13.8 Å². The molecule has 0 aliphatic heterocycles. The van der Waals surface area contributed by atoms with Crippen LogP contribution in [-0.4, -0.2) is 23.4 Å². The Balaban J connectivity index is 3.31. The molecule has 0 spiro atoms. The van der Waals surface area contributed by atoms with E-state index in [9.17, 15) is 18.8 Å². The monoisotopic (exact) mass is 297 g/mol. The third kappa shape index (κ3) is 4.51. The van der Waals surface area contributed by atoms with Gasteiger partial charge in [-0.05, 0) is 30.9 Å². The zero-order chi connectivity index (χ0) is 16.0. The lowest BCUT2D eigenvalue weighted by Gasteiger charge is -2.20. The molecule has 1 aromatic heterocycles. The molecule has 0 saturated carbocycles. The van der Waals surface area contributed by atoms with Crippen molar-refractivity contribution >= 4 is 12.3 Å². The first kappa shape index (κ1) is 17.1. The number of rotatable bonds is 7. The number of carbonyl (C=O) groups is 2. The molecule has 0 aromatic carbocycles. The number of halogens is 1. The van der Waals surface area contributed by atoms with Gasteiger partial charge in [-0.25, -0.2) is 9.18 Å². The highest BCUT2D eigenvalue weighted by Gasteiger charge is 2.25. The molecule has 6 heteroatoms. The molecule has 1 atom stereocenters. The maximum absolute atomic E-state index is 13.7. The molecule has 5 nitrogen and oxygen atoms in total. The second-order valence-electron chi connectivity index (χ2n) is 5.18. The fraction of sp³-hybridized carbons (Fsp3) is 0.533. The summed E-state index contributed by atoms with van der Waals surface area (Å²) in [5, 5.41) is 0. The van der Waals surface area contributed by atoms with E-state index in [1.807, 2.05) is 13.8 Å². The first-order chi connectivity index (χ1) is 9.90. The molecule has 0 aliphatic rings. The average molecular weight is 297 g/mol. The van der Waals surface area contributed by atoms with Crippen molar-refractivity contribution in [2.24, 2.45) is 5.92 Å². The van der Waals surface area contributed by atoms with Gasteiger partial charge in [0.2, 0.25) is 0 Å². The zero-order valence-electron chi connectivity index (χ0n) is 12.5. The van der Waals surface area contributed by atoms with E-state index in [1.54, 1.807) is 6.92 Å². The lowest BCUT2D eigenvalue weighted by Crippen LogP contribution is -2.33. The molecular weight excluding hydrogens is 277 g/mol. The van der Waals surface area contributed by atoms with Gasteiger partial charge in [-0.15, -0.1) is 0 Å². The van der Waals surface area contributed by atoms with E-state index in [4.69, 9.17) is 4.74 Å². The van der Waals surface area contributed by atoms with Crippen LogP contribution in [0.2, 0.25) is 0 Å². The van der Waals surface area contributed by atoms with E-state index in [0.717, 1.165) is 10.6 Å². The van der Waals surface area contributed by atoms with Crippen LogP contribution in [0.1, 0.15) is 38.8 Å². The van der Waals surface area contributed by atoms with Crippen LogP contribution >= 0.6 is 0 Å². The number of aldehydes is 1. The van der Waals surface area contributed by atoms with Crippen LogP contribution in [-0.2, 0) is 20.7 Å². The molecule has 0 bridgehead atoms. The second-order valence-corrected chi connectivity index (χ2v) is 5.18. The minimum atomic E-state index is -0.979. The highest BCUT2D eigenvalue weighted by atomic mass is 19.1. The molecule has 1 rings (SSSR count). The van der Waals surface area contributed by atoms with Crippen LogP contribution < -0.4 is 5.56 Å². The Morgan fingerprint density at radius 1 is 1.48 bits per heavy atom. The third-order valence-corrected chi connectivity index (χ3v) is 2.96. The number of esters is 1. The number of carbonyl (C=O) groups excluding carboxylic acids is 2. The maximum Gasteiger partial charge on any atom is 0.329 e. The van der Waals surface area contributed by atoms with Crippen molar-refractivity contribution < 1.29 is 18.7 Å². The zero-order valence-corrected chi connectivity index (χ0v) is 12.5. The average Bonchev–Trinajstić information content (AvgIpc) is 2.40. The SMILES string of the molecule is CCOC(=O)C(CC(C)C)n1cc(CC=O)cc(F)c1=O. The van der Waals surface area contributed by atoms with Crippen molar-refractivity contribution in [1.82, 2.24) is 4.57 Å². The summed E-state index contributed by atoms with van der Waals surface area (Å²) in [5.41, 5.74) is -0.538. The summed E-state index contributed by atoms with van der Waals surface area (Å²) in [6, 6.07) is 0.128. The second kappa shape index (κ2) is 7.71. The molecule has 0 amide bonds. The van der Waals surface area contributed by atoms with E-state index in [-0.39, 0.29) is 18.9 Å². The van der Waals surface area contributed by atoms with Crippen molar-refractivity contribution in [2.45, 2.75) is 39.7 Å². The van der Waals surface area contributed by atoms with Crippen molar-refractivity contribution in [1.29, 1.82) is 0 Å². The van der Waals surface area contributed by atoms with Crippen LogP contribution in [0.3, 0.4) is 0 Å². The minimum absolute atomic E-state index is 0.0194. The van der Waals surface area contributed by atoms with Gasteiger partial charge in [0.05, 0.1) is 6.61 Å². The first-order valence-corrected chi connectivity index (χ1v) is 6.91. The Hall–Kier alpha value is -1.98. The smallest absolute Gasteiger partial charge is 0.329 e. The predicted molar refractivity (Wildman–Crippen MR) is 75.6 cm³/mol. The molecule has 0 N–H and O–H groups in total. The molecule has 1 aromatic rings. The Kier molecular flexibility index (Phi) is 6.27. The molecule has 116 valence electrons. The Bertz CT molecular complexity index is 565. The van der Waals surface area contributed by atoms with Crippen LogP contribution in [0, 0.1) is 11.7 Å². The van der Waals surface area contributed by atoms with Crippen LogP contribution in [0.15, 0.2) is 17.1 Å². The summed E-state index contributed by atoms with van der Waals surface area (Å²) >= 11 is 0. The van der Waals surface area contributed by atoms with Gasteiger partial charge in [-0.3, -0.25) is 9.36 Å². The van der Waals surface area contributed by atoms with E-state index in [2.05, 4.69) is 0 Å². The van der Waals surface area contributed by atoms with Gasteiger partial charge in [0.1, 0.15) is 12.3 Å². The maximum atomic E-state index is 13.7. The summed E-state index contributed by atoms with van der Waals surface area (Å²) in [7, 11) is 0. The number of nitrogens with zero attached hydrogens (tertiary/aromatic N) is 1. The number of aromatic nitrogens is 1. The number of pyridine rings is 1. The molecule has 21 heavy (non-hydrogen) atoms. The molecule has 1 unspecified atom stereocenters. The van der Waals surface area contributed by atoms with Gasteiger partial charge in [0, 0.05) is 12.6 Å². The van der Waals surface area contributed by atoms with E-state index < -0.39 is 23.4 Å². The standard InChI is InChI=1S/C15H20FNO4/c1-4-21-15(20)13(7-10(2)3)17-9-11(5-6-18)8-12(16)14(17)19/h6,8-10,13H,4-5,7H2,1-3H3. The number of hydrogen-bond donors (Lipinski definition) is 0. The topological polar surface area (TPSA) is 65.4 Å². The summed E-state index contributed by atoms with van der Waals surface area (Å²) < 4.78 is 19.7. The van der Waals surface area contributed by atoms with Crippen molar-refractivity contribution in [3.8, 4) is 0 Å². The lowest BCUT2D eigenvalue weighted by molar-refractivity contribution is -0.147.